The first kappa shape index (κ1) is 17.0. The molecule has 0 saturated heterocycles. The molecule has 0 bridgehead atoms. The molecule has 2 aromatic carbocycles. The molecule has 0 aliphatic heterocycles. The molecule has 0 radical (unpaired) electrons. The number of rotatable bonds is 5. The number of halogens is 1. The van der Waals surface area contributed by atoms with E-state index >= 15 is 0 Å². The Balaban J connectivity index is 1.65. The van der Waals surface area contributed by atoms with E-state index in [-0.39, 0.29) is 11.9 Å². The molecule has 3 aromatic rings. The Morgan fingerprint density at radius 3 is 2.40 bits per heavy atom. The van der Waals surface area contributed by atoms with Crippen LogP contribution in [0.3, 0.4) is 0 Å². The minimum atomic E-state index is -0.159. The predicted octanol–water partition coefficient (Wildman–Crippen LogP) is 4.97. The maximum atomic E-state index is 12.4. The van der Waals surface area contributed by atoms with Crippen LogP contribution in [0.25, 0.3) is 0 Å². The highest BCUT2D eigenvalue weighted by atomic mass is 35.5. The van der Waals surface area contributed by atoms with Crippen molar-refractivity contribution in [2.45, 2.75) is 13.0 Å². The van der Waals surface area contributed by atoms with Gasteiger partial charge in [0.05, 0.1) is 22.3 Å². The van der Waals surface area contributed by atoms with Crippen LogP contribution in [0, 0.1) is 0 Å². The fraction of sp³-hybridized carbons (Fsp3) is 0.100. The summed E-state index contributed by atoms with van der Waals surface area (Å²) in [4.78, 5) is 16.6. The third-order valence-corrected chi connectivity index (χ3v) is 4.14. The highest BCUT2D eigenvalue weighted by molar-refractivity contribution is 6.33. The fourth-order valence-corrected chi connectivity index (χ4v) is 2.59. The Labute approximate surface area is 151 Å². The SMILES string of the molecule is CC(NC(=O)c1ccc(Nc2ccccc2Cl)nc1)c1ccccc1. The number of amides is 1. The van der Waals surface area contributed by atoms with Crippen molar-refractivity contribution in [3.05, 3.63) is 89.1 Å². The number of hydrogen-bond acceptors (Lipinski definition) is 3. The molecule has 0 spiro atoms. The van der Waals surface area contributed by atoms with Crippen molar-refractivity contribution >= 4 is 29.0 Å². The van der Waals surface area contributed by atoms with E-state index in [0.717, 1.165) is 11.3 Å². The van der Waals surface area contributed by atoms with Gasteiger partial charge in [0.15, 0.2) is 0 Å². The van der Waals surface area contributed by atoms with Crippen molar-refractivity contribution in [2.24, 2.45) is 0 Å². The maximum absolute atomic E-state index is 12.4. The van der Waals surface area contributed by atoms with Crippen LogP contribution in [0.15, 0.2) is 72.9 Å². The number of anilines is 2. The molecule has 4 nitrogen and oxygen atoms in total. The lowest BCUT2D eigenvalue weighted by molar-refractivity contribution is 0.0939. The number of benzene rings is 2. The van der Waals surface area contributed by atoms with Crippen molar-refractivity contribution in [2.75, 3.05) is 5.32 Å². The number of carbonyl (C=O) groups excluding carboxylic acids is 1. The van der Waals surface area contributed by atoms with Gasteiger partial charge in [-0.15, -0.1) is 0 Å². The van der Waals surface area contributed by atoms with Gasteiger partial charge in [0, 0.05) is 6.20 Å². The van der Waals surface area contributed by atoms with Gasteiger partial charge in [0.1, 0.15) is 5.82 Å². The smallest absolute Gasteiger partial charge is 0.253 e. The Morgan fingerprint density at radius 2 is 1.72 bits per heavy atom. The van der Waals surface area contributed by atoms with Crippen LogP contribution in [0.4, 0.5) is 11.5 Å². The average molecular weight is 352 g/mol. The molecule has 25 heavy (non-hydrogen) atoms. The lowest BCUT2D eigenvalue weighted by Gasteiger charge is -2.14. The standard InChI is InChI=1S/C20H18ClN3O/c1-14(15-7-3-2-4-8-15)23-20(25)16-11-12-19(22-13-16)24-18-10-6-5-9-17(18)21/h2-14H,1H3,(H,22,24)(H,23,25). The van der Waals surface area contributed by atoms with Crippen LogP contribution in [0.1, 0.15) is 28.9 Å². The summed E-state index contributed by atoms with van der Waals surface area (Å²) < 4.78 is 0. The van der Waals surface area contributed by atoms with E-state index in [0.29, 0.717) is 16.4 Å². The summed E-state index contributed by atoms with van der Waals surface area (Å²) >= 11 is 6.12. The zero-order valence-corrected chi connectivity index (χ0v) is 14.5. The first-order valence-corrected chi connectivity index (χ1v) is 8.34. The summed E-state index contributed by atoms with van der Waals surface area (Å²) in [6.07, 6.45) is 1.55. The molecule has 1 aromatic heterocycles. The zero-order valence-electron chi connectivity index (χ0n) is 13.7. The van der Waals surface area contributed by atoms with Crippen molar-refractivity contribution in [3.8, 4) is 0 Å². The zero-order chi connectivity index (χ0) is 17.6. The Bertz CT molecular complexity index is 850. The van der Waals surface area contributed by atoms with Gasteiger partial charge in [-0.2, -0.15) is 0 Å². The van der Waals surface area contributed by atoms with Crippen LogP contribution in [0.5, 0.6) is 0 Å². The topological polar surface area (TPSA) is 54.0 Å². The number of nitrogens with one attached hydrogen (secondary N) is 2. The molecule has 0 aliphatic rings. The molecular weight excluding hydrogens is 334 g/mol. The van der Waals surface area contributed by atoms with Crippen LogP contribution >= 0.6 is 11.6 Å². The van der Waals surface area contributed by atoms with E-state index in [1.807, 2.05) is 55.5 Å². The normalized spacial score (nSPS) is 11.6. The summed E-state index contributed by atoms with van der Waals surface area (Å²) in [6, 6.07) is 20.7. The summed E-state index contributed by atoms with van der Waals surface area (Å²) in [7, 11) is 0. The van der Waals surface area contributed by atoms with E-state index in [2.05, 4.69) is 15.6 Å². The van der Waals surface area contributed by atoms with Crippen LogP contribution in [-0.4, -0.2) is 10.9 Å². The first-order valence-electron chi connectivity index (χ1n) is 7.97. The van der Waals surface area contributed by atoms with Crippen LogP contribution in [-0.2, 0) is 0 Å². The number of hydrogen-bond donors (Lipinski definition) is 2. The van der Waals surface area contributed by atoms with Crippen LogP contribution < -0.4 is 10.6 Å². The molecule has 1 unspecified atom stereocenters. The van der Waals surface area contributed by atoms with Gasteiger partial charge in [-0.1, -0.05) is 54.1 Å². The van der Waals surface area contributed by atoms with E-state index in [9.17, 15) is 4.79 Å². The second kappa shape index (κ2) is 7.81. The first-order chi connectivity index (χ1) is 12.1. The number of carbonyl (C=O) groups is 1. The quantitative estimate of drug-likeness (QED) is 0.682. The summed E-state index contributed by atoms with van der Waals surface area (Å²) in [5.41, 5.74) is 2.33. The Hall–Kier alpha value is -2.85. The molecule has 5 heteroatoms. The number of para-hydroxylation sites is 1. The lowest BCUT2D eigenvalue weighted by Crippen LogP contribution is -2.26. The van der Waals surface area contributed by atoms with Gasteiger partial charge in [0.2, 0.25) is 0 Å². The number of nitrogens with zero attached hydrogens (tertiary/aromatic N) is 1. The molecule has 0 fully saturated rings. The molecule has 2 N–H and O–H groups in total. The average Bonchev–Trinajstić information content (AvgIpc) is 2.65. The lowest BCUT2D eigenvalue weighted by atomic mass is 10.1. The highest BCUT2D eigenvalue weighted by Crippen LogP contribution is 2.23. The van der Waals surface area contributed by atoms with Crippen molar-refractivity contribution < 1.29 is 4.79 Å². The van der Waals surface area contributed by atoms with Gasteiger partial charge in [-0.3, -0.25) is 4.79 Å². The predicted molar refractivity (Wildman–Crippen MR) is 101 cm³/mol. The maximum Gasteiger partial charge on any atom is 0.253 e. The minimum Gasteiger partial charge on any atom is -0.345 e. The molecule has 1 atom stereocenters. The Morgan fingerprint density at radius 1 is 1.00 bits per heavy atom. The summed E-state index contributed by atoms with van der Waals surface area (Å²) in [5.74, 6) is 0.467. The van der Waals surface area contributed by atoms with Gasteiger partial charge in [-0.25, -0.2) is 4.98 Å². The van der Waals surface area contributed by atoms with Crippen molar-refractivity contribution in [1.82, 2.24) is 10.3 Å². The molecular formula is C20H18ClN3O. The second-order valence-electron chi connectivity index (χ2n) is 5.64. The van der Waals surface area contributed by atoms with Gasteiger partial charge < -0.3 is 10.6 Å². The minimum absolute atomic E-state index is 0.0744. The fourth-order valence-electron chi connectivity index (χ4n) is 2.41. The summed E-state index contributed by atoms with van der Waals surface area (Å²) in [6.45, 7) is 1.95. The molecule has 0 aliphatic carbocycles. The van der Waals surface area contributed by atoms with E-state index in [4.69, 9.17) is 11.6 Å². The van der Waals surface area contributed by atoms with Gasteiger partial charge >= 0.3 is 0 Å². The molecule has 0 saturated carbocycles. The van der Waals surface area contributed by atoms with E-state index < -0.39 is 0 Å². The van der Waals surface area contributed by atoms with Crippen LogP contribution in [0.2, 0.25) is 5.02 Å². The molecule has 1 amide bonds. The molecule has 3 rings (SSSR count). The third-order valence-electron chi connectivity index (χ3n) is 3.81. The molecule has 1 heterocycles. The number of aromatic nitrogens is 1. The number of pyridine rings is 1. The van der Waals surface area contributed by atoms with Gasteiger partial charge in [0.25, 0.3) is 5.91 Å². The van der Waals surface area contributed by atoms with E-state index in [1.165, 1.54) is 0 Å². The second-order valence-corrected chi connectivity index (χ2v) is 6.05. The van der Waals surface area contributed by atoms with Crippen molar-refractivity contribution in [3.63, 3.8) is 0 Å². The van der Waals surface area contributed by atoms with Gasteiger partial charge in [-0.05, 0) is 36.8 Å². The molecule has 126 valence electrons. The largest absolute Gasteiger partial charge is 0.345 e. The highest BCUT2D eigenvalue weighted by Gasteiger charge is 2.11. The Kier molecular flexibility index (Phi) is 5.31. The third kappa shape index (κ3) is 4.37. The van der Waals surface area contributed by atoms with E-state index in [1.54, 1.807) is 24.4 Å². The monoisotopic (exact) mass is 351 g/mol. The summed E-state index contributed by atoms with van der Waals surface area (Å²) in [5, 5.41) is 6.71. The van der Waals surface area contributed by atoms with Crippen molar-refractivity contribution in [1.29, 1.82) is 0 Å².